The fourth-order valence-electron chi connectivity index (χ4n) is 1.69. The first kappa shape index (κ1) is 14.8. The van der Waals surface area contributed by atoms with Gasteiger partial charge in [-0.1, -0.05) is 18.5 Å². The monoisotopic (exact) mass is 269 g/mol. The standard InChI is InChI=1S/C13H20ClN3O/c1-4-9-17(6-3)13(18)12-10(14)7-8-11(16-12)15-5-2/h7-8H,4-6,9H2,1-3H3,(H,15,16). The number of hydrogen-bond donors (Lipinski definition) is 1. The van der Waals surface area contributed by atoms with Crippen molar-refractivity contribution < 1.29 is 4.79 Å². The Morgan fingerprint density at radius 3 is 2.67 bits per heavy atom. The van der Waals surface area contributed by atoms with E-state index in [9.17, 15) is 4.79 Å². The number of nitrogens with zero attached hydrogens (tertiary/aromatic N) is 2. The van der Waals surface area contributed by atoms with Crippen molar-refractivity contribution in [2.24, 2.45) is 0 Å². The van der Waals surface area contributed by atoms with Crippen LogP contribution >= 0.6 is 11.6 Å². The first-order valence-electron chi connectivity index (χ1n) is 6.33. The average molecular weight is 270 g/mol. The lowest BCUT2D eigenvalue weighted by atomic mass is 10.3. The molecule has 4 nitrogen and oxygen atoms in total. The molecule has 1 heterocycles. The second kappa shape index (κ2) is 7.21. The van der Waals surface area contributed by atoms with E-state index in [2.05, 4.69) is 10.3 Å². The van der Waals surface area contributed by atoms with Gasteiger partial charge in [0.25, 0.3) is 5.91 Å². The van der Waals surface area contributed by atoms with Crippen LogP contribution in [-0.4, -0.2) is 35.4 Å². The number of anilines is 1. The SMILES string of the molecule is CCCN(CC)C(=O)c1nc(NCC)ccc1Cl. The molecule has 0 fully saturated rings. The molecule has 0 aliphatic rings. The first-order chi connectivity index (χ1) is 8.63. The van der Waals surface area contributed by atoms with Gasteiger partial charge in [-0.25, -0.2) is 4.98 Å². The Kier molecular flexibility index (Phi) is 5.92. The number of carbonyl (C=O) groups excluding carboxylic acids is 1. The van der Waals surface area contributed by atoms with E-state index in [-0.39, 0.29) is 5.91 Å². The van der Waals surface area contributed by atoms with Crippen LogP contribution in [0.1, 0.15) is 37.7 Å². The molecule has 0 unspecified atom stereocenters. The number of pyridine rings is 1. The molecule has 1 amide bonds. The third kappa shape index (κ3) is 3.60. The van der Waals surface area contributed by atoms with Gasteiger partial charge in [0.15, 0.2) is 0 Å². The zero-order valence-electron chi connectivity index (χ0n) is 11.2. The Bertz CT molecular complexity index is 409. The number of carbonyl (C=O) groups is 1. The van der Waals surface area contributed by atoms with Gasteiger partial charge >= 0.3 is 0 Å². The smallest absolute Gasteiger partial charge is 0.274 e. The van der Waals surface area contributed by atoms with E-state index in [0.717, 1.165) is 19.5 Å². The van der Waals surface area contributed by atoms with Crippen molar-refractivity contribution in [2.45, 2.75) is 27.2 Å². The minimum absolute atomic E-state index is 0.107. The first-order valence-corrected chi connectivity index (χ1v) is 6.71. The molecule has 0 atom stereocenters. The summed E-state index contributed by atoms with van der Waals surface area (Å²) in [6.07, 6.45) is 0.921. The summed E-state index contributed by atoms with van der Waals surface area (Å²) in [5.41, 5.74) is 0.324. The van der Waals surface area contributed by atoms with Gasteiger partial charge < -0.3 is 10.2 Å². The largest absolute Gasteiger partial charge is 0.370 e. The van der Waals surface area contributed by atoms with E-state index in [1.54, 1.807) is 17.0 Å². The molecule has 100 valence electrons. The van der Waals surface area contributed by atoms with Gasteiger partial charge in [-0.3, -0.25) is 4.79 Å². The predicted molar refractivity (Wildman–Crippen MR) is 75.3 cm³/mol. The van der Waals surface area contributed by atoms with Gasteiger partial charge in [0.05, 0.1) is 5.02 Å². The average Bonchev–Trinajstić information content (AvgIpc) is 2.37. The summed E-state index contributed by atoms with van der Waals surface area (Å²) in [7, 11) is 0. The van der Waals surface area contributed by atoms with Crippen LogP contribution in [-0.2, 0) is 0 Å². The molecule has 1 N–H and O–H groups in total. The topological polar surface area (TPSA) is 45.2 Å². The van der Waals surface area contributed by atoms with E-state index in [0.29, 0.717) is 23.1 Å². The maximum Gasteiger partial charge on any atom is 0.274 e. The van der Waals surface area contributed by atoms with Gasteiger partial charge in [-0.15, -0.1) is 0 Å². The Morgan fingerprint density at radius 1 is 1.39 bits per heavy atom. The zero-order chi connectivity index (χ0) is 13.5. The molecule has 0 radical (unpaired) electrons. The Hall–Kier alpha value is -1.29. The number of hydrogen-bond acceptors (Lipinski definition) is 3. The van der Waals surface area contributed by atoms with Gasteiger partial charge in [-0.05, 0) is 32.4 Å². The van der Waals surface area contributed by atoms with E-state index in [1.165, 1.54) is 0 Å². The molecule has 0 aliphatic carbocycles. The Labute approximate surface area is 113 Å². The fourth-order valence-corrected chi connectivity index (χ4v) is 1.88. The number of nitrogens with one attached hydrogen (secondary N) is 1. The summed E-state index contributed by atoms with van der Waals surface area (Å²) in [6.45, 7) is 8.12. The molecule has 18 heavy (non-hydrogen) atoms. The maximum absolute atomic E-state index is 12.3. The van der Waals surface area contributed by atoms with Crippen molar-refractivity contribution in [3.8, 4) is 0 Å². The fraction of sp³-hybridized carbons (Fsp3) is 0.538. The molecular formula is C13H20ClN3O. The third-order valence-electron chi connectivity index (χ3n) is 2.57. The highest BCUT2D eigenvalue weighted by Gasteiger charge is 2.18. The van der Waals surface area contributed by atoms with E-state index in [1.807, 2.05) is 20.8 Å². The normalized spacial score (nSPS) is 10.2. The van der Waals surface area contributed by atoms with E-state index in [4.69, 9.17) is 11.6 Å². The molecule has 5 heteroatoms. The van der Waals surface area contributed by atoms with Crippen LogP contribution in [0.3, 0.4) is 0 Å². The van der Waals surface area contributed by atoms with Gasteiger partial charge in [0.2, 0.25) is 0 Å². The van der Waals surface area contributed by atoms with Crippen LogP contribution in [0.4, 0.5) is 5.82 Å². The van der Waals surface area contributed by atoms with Gasteiger partial charge in [-0.2, -0.15) is 0 Å². The highest BCUT2D eigenvalue weighted by Crippen LogP contribution is 2.18. The molecule has 0 aliphatic heterocycles. The molecule has 0 spiro atoms. The second-order valence-electron chi connectivity index (χ2n) is 3.94. The van der Waals surface area contributed by atoms with Crippen LogP contribution < -0.4 is 5.32 Å². The summed E-state index contributed by atoms with van der Waals surface area (Å²) in [5.74, 6) is 0.571. The summed E-state index contributed by atoms with van der Waals surface area (Å²) in [6, 6.07) is 3.48. The quantitative estimate of drug-likeness (QED) is 0.863. The third-order valence-corrected chi connectivity index (χ3v) is 2.87. The maximum atomic E-state index is 12.3. The van der Waals surface area contributed by atoms with Crippen molar-refractivity contribution in [1.82, 2.24) is 9.88 Å². The van der Waals surface area contributed by atoms with E-state index >= 15 is 0 Å². The molecule has 1 aromatic heterocycles. The molecule has 1 aromatic rings. The van der Waals surface area contributed by atoms with Crippen molar-refractivity contribution in [3.63, 3.8) is 0 Å². The van der Waals surface area contributed by atoms with Crippen LogP contribution in [0.2, 0.25) is 5.02 Å². The number of amides is 1. The van der Waals surface area contributed by atoms with Crippen LogP contribution in [0.25, 0.3) is 0 Å². The van der Waals surface area contributed by atoms with Crippen molar-refractivity contribution in [2.75, 3.05) is 25.0 Å². The van der Waals surface area contributed by atoms with Crippen molar-refractivity contribution in [3.05, 3.63) is 22.8 Å². The van der Waals surface area contributed by atoms with Crippen molar-refractivity contribution >= 4 is 23.3 Å². The Morgan fingerprint density at radius 2 is 2.11 bits per heavy atom. The zero-order valence-corrected chi connectivity index (χ0v) is 11.9. The number of halogens is 1. The van der Waals surface area contributed by atoms with E-state index < -0.39 is 0 Å². The molecule has 0 saturated heterocycles. The second-order valence-corrected chi connectivity index (χ2v) is 4.35. The highest BCUT2D eigenvalue weighted by atomic mass is 35.5. The molecule has 1 rings (SSSR count). The number of rotatable bonds is 6. The summed E-state index contributed by atoms with van der Waals surface area (Å²) >= 11 is 6.05. The van der Waals surface area contributed by atoms with Crippen LogP contribution in [0, 0.1) is 0 Å². The molecular weight excluding hydrogens is 250 g/mol. The highest BCUT2D eigenvalue weighted by molar-refractivity contribution is 6.33. The molecule has 0 saturated carbocycles. The summed E-state index contributed by atoms with van der Waals surface area (Å²) in [5, 5.41) is 3.48. The summed E-state index contributed by atoms with van der Waals surface area (Å²) in [4.78, 5) is 18.3. The van der Waals surface area contributed by atoms with Crippen LogP contribution in [0.5, 0.6) is 0 Å². The van der Waals surface area contributed by atoms with Crippen LogP contribution in [0.15, 0.2) is 12.1 Å². The summed E-state index contributed by atoms with van der Waals surface area (Å²) < 4.78 is 0. The minimum atomic E-state index is -0.107. The van der Waals surface area contributed by atoms with Gasteiger partial charge in [0.1, 0.15) is 11.5 Å². The number of aromatic nitrogens is 1. The van der Waals surface area contributed by atoms with Gasteiger partial charge in [0, 0.05) is 19.6 Å². The molecule has 0 aromatic carbocycles. The predicted octanol–water partition coefficient (Wildman–Crippen LogP) is 3.04. The molecule has 0 bridgehead atoms. The lowest BCUT2D eigenvalue weighted by Crippen LogP contribution is -2.32. The lowest BCUT2D eigenvalue weighted by molar-refractivity contribution is 0.0759. The lowest BCUT2D eigenvalue weighted by Gasteiger charge is -2.20. The minimum Gasteiger partial charge on any atom is -0.370 e. The van der Waals surface area contributed by atoms with Crippen molar-refractivity contribution in [1.29, 1.82) is 0 Å². The Balaban J connectivity index is 2.99.